The Hall–Kier alpha value is -0.120. The lowest BCUT2D eigenvalue weighted by atomic mass is 9.91. The molecule has 19 heavy (non-hydrogen) atoms. The van der Waals surface area contributed by atoms with E-state index in [0.717, 1.165) is 38.9 Å². The Balaban J connectivity index is 4.28. The van der Waals surface area contributed by atoms with Crippen LogP contribution >= 0.6 is 0 Å². The summed E-state index contributed by atoms with van der Waals surface area (Å²) in [6.07, 6.45) is 3.19. The summed E-state index contributed by atoms with van der Waals surface area (Å²) in [4.78, 5) is 2.55. The van der Waals surface area contributed by atoms with Crippen molar-refractivity contribution in [1.29, 1.82) is 0 Å². The average molecular weight is 272 g/mol. The molecule has 0 aliphatic carbocycles. The molecule has 116 valence electrons. The molecule has 0 saturated carbocycles. The van der Waals surface area contributed by atoms with Gasteiger partial charge in [-0.15, -0.1) is 0 Å². The third-order valence-electron chi connectivity index (χ3n) is 3.96. The maximum Gasteiger partial charge on any atom is 0.0613 e. The normalized spacial score (nSPS) is 15.5. The number of hydrogen-bond acceptors (Lipinski definition) is 3. The molecule has 1 atom stereocenters. The van der Waals surface area contributed by atoms with E-state index >= 15 is 0 Å². The molecule has 0 heterocycles. The van der Waals surface area contributed by atoms with Gasteiger partial charge in [0.1, 0.15) is 0 Å². The first kappa shape index (κ1) is 18.9. The average Bonchev–Trinajstić information content (AvgIpc) is 2.35. The van der Waals surface area contributed by atoms with Crippen LogP contribution in [0.2, 0.25) is 0 Å². The van der Waals surface area contributed by atoms with E-state index in [-0.39, 0.29) is 12.1 Å². The highest BCUT2D eigenvalue weighted by molar-refractivity contribution is 4.86. The van der Waals surface area contributed by atoms with E-state index in [1.54, 1.807) is 0 Å². The summed E-state index contributed by atoms with van der Waals surface area (Å²) in [5.41, 5.74) is -0.0742. The highest BCUT2D eigenvalue weighted by Crippen LogP contribution is 2.18. The van der Waals surface area contributed by atoms with E-state index in [1.165, 1.54) is 0 Å². The van der Waals surface area contributed by atoms with E-state index in [9.17, 15) is 5.11 Å². The first-order chi connectivity index (χ1) is 8.90. The molecule has 0 amide bonds. The lowest BCUT2D eigenvalue weighted by molar-refractivity contribution is 0.133. The van der Waals surface area contributed by atoms with Gasteiger partial charge in [-0.05, 0) is 52.1 Å². The van der Waals surface area contributed by atoms with Gasteiger partial charge in [0, 0.05) is 18.1 Å². The first-order valence-corrected chi connectivity index (χ1v) is 8.00. The Morgan fingerprint density at radius 3 is 2.16 bits per heavy atom. The van der Waals surface area contributed by atoms with Crippen LogP contribution in [0.15, 0.2) is 0 Å². The fourth-order valence-corrected chi connectivity index (χ4v) is 2.66. The standard InChI is InChI=1S/C16H36N2O/c1-7-16(13-19,17-8-2)10-9-11-18(15(5)6)12-14(3)4/h14-15,17,19H,7-13H2,1-6H3. The van der Waals surface area contributed by atoms with Gasteiger partial charge in [0.05, 0.1) is 6.61 Å². The predicted molar refractivity (Wildman–Crippen MR) is 84.6 cm³/mol. The van der Waals surface area contributed by atoms with Crippen LogP contribution in [0.5, 0.6) is 0 Å². The van der Waals surface area contributed by atoms with E-state index in [2.05, 4.69) is 51.8 Å². The Bertz CT molecular complexity index is 213. The SMILES string of the molecule is CCNC(CC)(CO)CCCN(CC(C)C)C(C)C. The van der Waals surface area contributed by atoms with Crippen LogP contribution in [0.3, 0.4) is 0 Å². The molecular formula is C16H36N2O. The molecule has 3 nitrogen and oxygen atoms in total. The highest BCUT2D eigenvalue weighted by Gasteiger charge is 2.25. The van der Waals surface area contributed by atoms with Gasteiger partial charge in [-0.1, -0.05) is 27.7 Å². The molecule has 0 fully saturated rings. The fraction of sp³-hybridized carbons (Fsp3) is 1.00. The zero-order chi connectivity index (χ0) is 14.9. The molecular weight excluding hydrogens is 236 g/mol. The Kier molecular flexibility index (Phi) is 9.67. The minimum atomic E-state index is -0.0742. The van der Waals surface area contributed by atoms with Crippen LogP contribution in [-0.4, -0.2) is 47.8 Å². The maximum absolute atomic E-state index is 9.65. The molecule has 3 heteroatoms. The third-order valence-corrected chi connectivity index (χ3v) is 3.96. The van der Waals surface area contributed by atoms with Gasteiger partial charge >= 0.3 is 0 Å². The molecule has 0 saturated heterocycles. The van der Waals surface area contributed by atoms with Crippen molar-refractivity contribution in [2.24, 2.45) is 5.92 Å². The lowest BCUT2D eigenvalue weighted by Crippen LogP contribution is -2.48. The van der Waals surface area contributed by atoms with Crippen LogP contribution in [0.1, 0.15) is 60.8 Å². The number of aliphatic hydroxyl groups excluding tert-OH is 1. The van der Waals surface area contributed by atoms with Gasteiger partial charge in [0.15, 0.2) is 0 Å². The van der Waals surface area contributed by atoms with Crippen LogP contribution in [0.25, 0.3) is 0 Å². The maximum atomic E-state index is 9.65. The van der Waals surface area contributed by atoms with Gasteiger partial charge in [0.25, 0.3) is 0 Å². The number of nitrogens with zero attached hydrogens (tertiary/aromatic N) is 1. The van der Waals surface area contributed by atoms with Gasteiger partial charge in [-0.3, -0.25) is 0 Å². The highest BCUT2D eigenvalue weighted by atomic mass is 16.3. The van der Waals surface area contributed by atoms with Crippen LogP contribution in [0, 0.1) is 5.92 Å². The molecule has 0 spiro atoms. The molecule has 1 unspecified atom stereocenters. The van der Waals surface area contributed by atoms with Crippen LogP contribution < -0.4 is 5.32 Å². The van der Waals surface area contributed by atoms with Crippen molar-refractivity contribution in [2.45, 2.75) is 72.4 Å². The second kappa shape index (κ2) is 9.73. The molecule has 0 rings (SSSR count). The van der Waals surface area contributed by atoms with E-state index in [4.69, 9.17) is 0 Å². The third kappa shape index (κ3) is 7.28. The second-order valence-electron chi connectivity index (χ2n) is 6.41. The summed E-state index contributed by atoms with van der Waals surface area (Å²) in [5, 5.41) is 13.1. The number of hydrogen-bond donors (Lipinski definition) is 2. The van der Waals surface area contributed by atoms with Crippen LogP contribution in [0.4, 0.5) is 0 Å². The molecule has 0 aromatic carbocycles. The summed E-state index contributed by atoms with van der Waals surface area (Å²) >= 11 is 0. The van der Waals surface area contributed by atoms with E-state index in [1.807, 2.05) is 0 Å². The smallest absolute Gasteiger partial charge is 0.0613 e. The Labute approximate surface area is 120 Å². The molecule has 0 bridgehead atoms. The largest absolute Gasteiger partial charge is 0.394 e. The second-order valence-corrected chi connectivity index (χ2v) is 6.41. The summed E-state index contributed by atoms with van der Waals surface area (Å²) in [7, 11) is 0. The van der Waals surface area contributed by atoms with Gasteiger partial charge in [-0.2, -0.15) is 0 Å². The van der Waals surface area contributed by atoms with Gasteiger partial charge in [-0.25, -0.2) is 0 Å². The number of rotatable bonds is 11. The molecule has 0 aromatic rings. The summed E-state index contributed by atoms with van der Waals surface area (Å²) in [5.74, 6) is 0.713. The van der Waals surface area contributed by atoms with Crippen molar-refractivity contribution >= 4 is 0 Å². The number of nitrogens with one attached hydrogen (secondary N) is 1. The van der Waals surface area contributed by atoms with Gasteiger partial charge in [0.2, 0.25) is 0 Å². The van der Waals surface area contributed by atoms with Crippen molar-refractivity contribution in [3.8, 4) is 0 Å². The van der Waals surface area contributed by atoms with Crippen LogP contribution in [-0.2, 0) is 0 Å². The zero-order valence-corrected chi connectivity index (χ0v) is 14.0. The molecule has 0 radical (unpaired) electrons. The lowest BCUT2D eigenvalue weighted by Gasteiger charge is -2.34. The minimum Gasteiger partial charge on any atom is -0.394 e. The Morgan fingerprint density at radius 1 is 1.16 bits per heavy atom. The van der Waals surface area contributed by atoms with Crippen molar-refractivity contribution in [1.82, 2.24) is 10.2 Å². The summed E-state index contributed by atoms with van der Waals surface area (Å²) in [6, 6.07) is 0.603. The fourth-order valence-electron chi connectivity index (χ4n) is 2.66. The molecule has 2 N–H and O–H groups in total. The summed E-state index contributed by atoms with van der Waals surface area (Å²) in [6.45, 7) is 16.8. The molecule has 0 aliphatic heterocycles. The monoisotopic (exact) mass is 272 g/mol. The first-order valence-electron chi connectivity index (χ1n) is 8.00. The predicted octanol–water partition coefficient (Wildman–Crippen LogP) is 2.88. The van der Waals surface area contributed by atoms with Crippen molar-refractivity contribution in [3.63, 3.8) is 0 Å². The zero-order valence-electron chi connectivity index (χ0n) is 14.0. The number of aliphatic hydroxyl groups is 1. The van der Waals surface area contributed by atoms with Crippen molar-refractivity contribution in [3.05, 3.63) is 0 Å². The minimum absolute atomic E-state index is 0.0742. The van der Waals surface area contributed by atoms with Gasteiger partial charge < -0.3 is 15.3 Å². The molecule has 0 aliphatic rings. The topological polar surface area (TPSA) is 35.5 Å². The Morgan fingerprint density at radius 2 is 1.79 bits per heavy atom. The van der Waals surface area contributed by atoms with Crippen molar-refractivity contribution in [2.75, 3.05) is 26.2 Å². The van der Waals surface area contributed by atoms with E-state index in [0.29, 0.717) is 12.0 Å². The quantitative estimate of drug-likeness (QED) is 0.607. The summed E-state index contributed by atoms with van der Waals surface area (Å²) < 4.78 is 0. The van der Waals surface area contributed by atoms with Crippen molar-refractivity contribution < 1.29 is 5.11 Å². The van der Waals surface area contributed by atoms with E-state index < -0.39 is 0 Å². The molecule has 0 aromatic heterocycles. The number of likely N-dealkylation sites (N-methyl/N-ethyl adjacent to an activating group) is 1.